The van der Waals surface area contributed by atoms with E-state index >= 15 is 0 Å². The van der Waals surface area contributed by atoms with E-state index in [9.17, 15) is 4.79 Å². The van der Waals surface area contributed by atoms with Gasteiger partial charge in [-0.15, -0.1) is 0 Å². The zero-order chi connectivity index (χ0) is 13.8. The summed E-state index contributed by atoms with van der Waals surface area (Å²) in [5.41, 5.74) is 2.30. The predicted octanol–water partition coefficient (Wildman–Crippen LogP) is 5.05. The fourth-order valence-electron chi connectivity index (χ4n) is 1.58. The number of para-hydroxylation sites is 1. The summed E-state index contributed by atoms with van der Waals surface area (Å²) in [7, 11) is 0. The largest absolute Gasteiger partial charge is 0.323 e. The van der Waals surface area contributed by atoms with Crippen molar-refractivity contribution in [2.45, 2.75) is 6.92 Å². The number of carbonyl (C=O) groups excluding carboxylic acids is 1. The molecule has 0 heterocycles. The molecule has 0 bridgehead atoms. The molecule has 0 radical (unpaired) electrons. The Bertz CT molecular complexity index is 616. The highest BCUT2D eigenvalue weighted by Crippen LogP contribution is 2.24. The third-order valence-electron chi connectivity index (χ3n) is 2.64. The zero-order valence-corrected chi connectivity index (χ0v) is 12.5. The van der Waals surface area contributed by atoms with E-state index in [0.717, 1.165) is 15.7 Å². The maximum Gasteiger partial charge on any atom is 0.323 e. The maximum absolute atomic E-state index is 11.9. The van der Waals surface area contributed by atoms with Gasteiger partial charge < -0.3 is 10.6 Å². The van der Waals surface area contributed by atoms with Crippen LogP contribution in [0, 0.1) is 6.92 Å². The van der Waals surface area contributed by atoms with Gasteiger partial charge in [0.1, 0.15) is 0 Å². The minimum Gasteiger partial charge on any atom is -0.307 e. The van der Waals surface area contributed by atoms with Crippen LogP contribution in [-0.4, -0.2) is 6.03 Å². The number of amides is 2. The number of halogens is 2. The molecule has 0 aliphatic rings. The molecule has 0 fully saturated rings. The fourth-order valence-corrected chi connectivity index (χ4v) is 2.13. The van der Waals surface area contributed by atoms with Crippen LogP contribution >= 0.6 is 27.5 Å². The Morgan fingerprint density at radius 2 is 1.68 bits per heavy atom. The van der Waals surface area contributed by atoms with Crippen molar-refractivity contribution in [2.24, 2.45) is 0 Å². The van der Waals surface area contributed by atoms with Crippen molar-refractivity contribution in [3.63, 3.8) is 0 Å². The van der Waals surface area contributed by atoms with Gasteiger partial charge in [0.2, 0.25) is 0 Å². The molecule has 2 rings (SSSR count). The van der Waals surface area contributed by atoms with E-state index in [2.05, 4.69) is 26.6 Å². The van der Waals surface area contributed by atoms with Gasteiger partial charge in [0.15, 0.2) is 0 Å². The van der Waals surface area contributed by atoms with Crippen LogP contribution in [0.4, 0.5) is 16.2 Å². The second-order valence-corrected chi connectivity index (χ2v) is 5.23. The van der Waals surface area contributed by atoms with Gasteiger partial charge in [-0.3, -0.25) is 0 Å². The van der Waals surface area contributed by atoms with Crippen LogP contribution in [0.15, 0.2) is 46.9 Å². The Kier molecular flexibility index (Phi) is 4.45. The van der Waals surface area contributed by atoms with E-state index in [0.29, 0.717) is 10.7 Å². The molecule has 3 nitrogen and oxygen atoms in total. The molecule has 0 aliphatic carbocycles. The molecule has 0 aliphatic heterocycles. The van der Waals surface area contributed by atoms with Crippen LogP contribution in [0.2, 0.25) is 5.02 Å². The molecule has 2 N–H and O–H groups in total. The smallest absolute Gasteiger partial charge is 0.307 e. The van der Waals surface area contributed by atoms with Crippen molar-refractivity contribution in [3.8, 4) is 0 Å². The average molecular weight is 340 g/mol. The van der Waals surface area contributed by atoms with E-state index in [1.165, 1.54) is 0 Å². The van der Waals surface area contributed by atoms with Crippen LogP contribution < -0.4 is 10.6 Å². The van der Waals surface area contributed by atoms with E-state index in [4.69, 9.17) is 11.6 Å². The average Bonchev–Trinajstić information content (AvgIpc) is 2.38. The van der Waals surface area contributed by atoms with Crippen LogP contribution in [0.5, 0.6) is 0 Å². The summed E-state index contributed by atoms with van der Waals surface area (Å²) in [5, 5.41) is 6.00. The highest BCUT2D eigenvalue weighted by Gasteiger charge is 2.08. The van der Waals surface area contributed by atoms with E-state index in [1.807, 2.05) is 37.3 Å². The first-order valence-corrected chi connectivity index (χ1v) is 6.82. The summed E-state index contributed by atoms with van der Waals surface area (Å²) in [6.45, 7) is 1.93. The second-order valence-electron chi connectivity index (χ2n) is 3.97. The quantitative estimate of drug-likeness (QED) is 0.789. The predicted molar refractivity (Wildman–Crippen MR) is 83.0 cm³/mol. The Morgan fingerprint density at radius 3 is 2.42 bits per heavy atom. The molecule has 98 valence electrons. The Balaban J connectivity index is 2.10. The maximum atomic E-state index is 11.9. The molecule has 2 aromatic carbocycles. The summed E-state index contributed by atoms with van der Waals surface area (Å²) >= 11 is 9.40. The monoisotopic (exact) mass is 338 g/mol. The number of benzene rings is 2. The van der Waals surface area contributed by atoms with Gasteiger partial charge in [-0.1, -0.05) is 45.7 Å². The highest BCUT2D eigenvalue weighted by molar-refractivity contribution is 9.10. The van der Waals surface area contributed by atoms with Crippen LogP contribution in [0.25, 0.3) is 0 Å². The fraction of sp³-hybridized carbons (Fsp3) is 0.0714. The van der Waals surface area contributed by atoms with Crippen molar-refractivity contribution in [2.75, 3.05) is 10.6 Å². The van der Waals surface area contributed by atoms with Crippen LogP contribution in [0.1, 0.15) is 5.56 Å². The number of rotatable bonds is 2. The molecule has 0 saturated carbocycles. The molecule has 19 heavy (non-hydrogen) atoms. The summed E-state index contributed by atoms with van der Waals surface area (Å²) < 4.78 is 0.947. The lowest BCUT2D eigenvalue weighted by atomic mass is 10.2. The lowest BCUT2D eigenvalue weighted by Gasteiger charge is -2.11. The van der Waals surface area contributed by atoms with Crippen LogP contribution in [-0.2, 0) is 0 Å². The topological polar surface area (TPSA) is 41.1 Å². The molecule has 0 aromatic heterocycles. The number of hydrogen-bond acceptors (Lipinski definition) is 1. The molecule has 2 amide bonds. The Labute approximate surface area is 125 Å². The van der Waals surface area contributed by atoms with Gasteiger partial charge in [0.25, 0.3) is 0 Å². The number of anilines is 2. The summed E-state index contributed by atoms with van der Waals surface area (Å²) in [6, 6.07) is 12.4. The van der Waals surface area contributed by atoms with Crippen molar-refractivity contribution in [1.29, 1.82) is 0 Å². The number of carbonyl (C=O) groups is 1. The first kappa shape index (κ1) is 13.9. The molecular formula is C14H12BrClN2O. The minimum absolute atomic E-state index is 0.325. The van der Waals surface area contributed by atoms with E-state index < -0.39 is 0 Å². The second kappa shape index (κ2) is 6.08. The SMILES string of the molecule is Cc1c(Br)cccc1NC(=O)Nc1ccccc1Cl. The van der Waals surface area contributed by atoms with Gasteiger partial charge in [0.05, 0.1) is 10.7 Å². The standard InChI is InChI=1S/C14H12BrClN2O/c1-9-10(15)5-4-8-12(9)17-14(19)18-13-7-3-2-6-11(13)16/h2-8H,1H3,(H2,17,18,19). The van der Waals surface area contributed by atoms with Gasteiger partial charge in [-0.25, -0.2) is 4.79 Å². The molecule has 0 saturated heterocycles. The van der Waals surface area contributed by atoms with E-state index in [-0.39, 0.29) is 6.03 Å². The first-order chi connectivity index (χ1) is 9.08. The molecule has 2 aromatic rings. The highest BCUT2D eigenvalue weighted by atomic mass is 79.9. The van der Waals surface area contributed by atoms with Crippen molar-refractivity contribution < 1.29 is 4.79 Å². The van der Waals surface area contributed by atoms with Crippen molar-refractivity contribution >= 4 is 44.9 Å². The minimum atomic E-state index is -0.325. The lowest BCUT2D eigenvalue weighted by Crippen LogP contribution is -2.20. The van der Waals surface area contributed by atoms with Crippen molar-refractivity contribution in [1.82, 2.24) is 0 Å². The number of nitrogens with one attached hydrogen (secondary N) is 2. The third kappa shape index (κ3) is 3.49. The van der Waals surface area contributed by atoms with Gasteiger partial charge >= 0.3 is 6.03 Å². The summed E-state index contributed by atoms with van der Waals surface area (Å²) in [6.07, 6.45) is 0. The molecule has 0 atom stereocenters. The van der Waals surface area contributed by atoms with Gasteiger partial charge in [-0.2, -0.15) is 0 Å². The lowest BCUT2D eigenvalue weighted by molar-refractivity contribution is 0.262. The molecule has 5 heteroatoms. The zero-order valence-electron chi connectivity index (χ0n) is 10.2. The van der Waals surface area contributed by atoms with Crippen LogP contribution in [0.3, 0.4) is 0 Å². The molecular weight excluding hydrogens is 328 g/mol. The summed E-state index contributed by atoms with van der Waals surface area (Å²) in [5.74, 6) is 0. The molecule has 0 spiro atoms. The van der Waals surface area contributed by atoms with E-state index in [1.54, 1.807) is 12.1 Å². The normalized spacial score (nSPS) is 10.1. The van der Waals surface area contributed by atoms with Crippen molar-refractivity contribution in [3.05, 3.63) is 57.5 Å². The third-order valence-corrected chi connectivity index (χ3v) is 3.83. The molecule has 0 unspecified atom stereocenters. The first-order valence-electron chi connectivity index (χ1n) is 5.65. The Hall–Kier alpha value is -1.52. The number of hydrogen-bond donors (Lipinski definition) is 2. The van der Waals surface area contributed by atoms with Gasteiger partial charge in [-0.05, 0) is 36.8 Å². The number of urea groups is 1. The van der Waals surface area contributed by atoms with Gasteiger partial charge in [0, 0.05) is 10.2 Å². The summed E-state index contributed by atoms with van der Waals surface area (Å²) in [4.78, 5) is 11.9. The Morgan fingerprint density at radius 1 is 1.05 bits per heavy atom.